The van der Waals surface area contributed by atoms with Gasteiger partial charge in [-0.05, 0) is 42.0 Å². The van der Waals surface area contributed by atoms with Gasteiger partial charge in [0.2, 0.25) is 0 Å². The molecule has 0 fully saturated rings. The molecule has 0 spiro atoms. The number of rotatable bonds is 9. The van der Waals surface area contributed by atoms with Crippen LogP contribution in [0.5, 0.6) is 0 Å². The average Bonchev–Trinajstić information content (AvgIpc) is 3.39. The van der Waals surface area contributed by atoms with Gasteiger partial charge in [0.15, 0.2) is 5.82 Å². The van der Waals surface area contributed by atoms with Crippen LogP contribution in [0.2, 0.25) is 0 Å². The number of benzene rings is 3. The Morgan fingerprint density at radius 1 is 1.00 bits per heavy atom. The first kappa shape index (κ1) is 25.4. The zero-order valence-corrected chi connectivity index (χ0v) is 21.7. The summed E-state index contributed by atoms with van der Waals surface area (Å²) in [4.78, 5) is 21.4. The number of hydrogen-bond acceptors (Lipinski definition) is 6. The monoisotopic (exact) mass is 508 g/mol. The summed E-state index contributed by atoms with van der Waals surface area (Å²) in [5, 5.41) is 15.0. The first-order chi connectivity index (χ1) is 18.5. The Morgan fingerprint density at radius 3 is 2.39 bits per heavy atom. The number of aliphatic hydroxyl groups excluding tert-OH is 1. The fourth-order valence-electron chi connectivity index (χ4n) is 4.87. The van der Waals surface area contributed by atoms with Gasteiger partial charge in [-0.25, -0.2) is 4.79 Å². The third-order valence-corrected chi connectivity index (χ3v) is 6.93. The fourth-order valence-corrected chi connectivity index (χ4v) is 4.87. The van der Waals surface area contributed by atoms with E-state index < -0.39 is 11.9 Å². The summed E-state index contributed by atoms with van der Waals surface area (Å²) in [6.45, 7) is 4.85. The summed E-state index contributed by atoms with van der Waals surface area (Å²) in [6.07, 6.45) is 4.54. The van der Waals surface area contributed by atoms with Crippen molar-refractivity contribution in [3.05, 3.63) is 112 Å². The van der Waals surface area contributed by atoms with Crippen molar-refractivity contribution in [3.63, 3.8) is 0 Å². The maximum absolute atomic E-state index is 11.5. The van der Waals surface area contributed by atoms with E-state index in [2.05, 4.69) is 52.4 Å². The number of hydrogen-bond donors (Lipinski definition) is 2. The average molecular weight is 509 g/mol. The van der Waals surface area contributed by atoms with Crippen LogP contribution in [0.25, 0.3) is 22.5 Å². The van der Waals surface area contributed by atoms with Crippen molar-refractivity contribution < 1.29 is 9.63 Å². The third kappa shape index (κ3) is 5.53. The zero-order valence-electron chi connectivity index (χ0n) is 21.7. The first-order valence-corrected chi connectivity index (χ1v) is 13.0. The van der Waals surface area contributed by atoms with Gasteiger partial charge < -0.3 is 10.0 Å². The molecule has 194 valence electrons. The molecule has 0 saturated heterocycles. The second-order valence-corrected chi connectivity index (χ2v) is 9.59. The van der Waals surface area contributed by atoms with Gasteiger partial charge in [0, 0.05) is 29.6 Å². The van der Waals surface area contributed by atoms with Gasteiger partial charge in [0.05, 0.1) is 0 Å². The molecule has 3 aromatic carbocycles. The maximum Gasteiger partial charge on any atom is 0.439 e. The summed E-state index contributed by atoms with van der Waals surface area (Å²) < 4.78 is 4.71. The summed E-state index contributed by atoms with van der Waals surface area (Å²) in [5.74, 6) is -0.170. The molecule has 7 heteroatoms. The molecule has 0 radical (unpaired) electrons. The van der Waals surface area contributed by atoms with E-state index in [-0.39, 0.29) is 6.17 Å². The van der Waals surface area contributed by atoms with Gasteiger partial charge in [-0.1, -0.05) is 97.4 Å². The number of unbranched alkanes of at least 4 members (excludes halogenated alkanes) is 1. The zero-order chi connectivity index (χ0) is 26.5. The van der Waals surface area contributed by atoms with Crippen molar-refractivity contribution in [3.8, 4) is 22.5 Å². The second-order valence-electron chi connectivity index (χ2n) is 9.59. The van der Waals surface area contributed by atoms with Crippen LogP contribution in [0, 0.1) is 0 Å². The van der Waals surface area contributed by atoms with Gasteiger partial charge in [0.25, 0.3) is 0 Å². The summed E-state index contributed by atoms with van der Waals surface area (Å²) in [6, 6.07) is 25.9. The van der Waals surface area contributed by atoms with Crippen molar-refractivity contribution in [2.24, 2.45) is 4.99 Å². The van der Waals surface area contributed by atoms with E-state index in [4.69, 9.17) is 9.52 Å². The molecule has 2 atom stereocenters. The third-order valence-electron chi connectivity index (χ3n) is 6.93. The van der Waals surface area contributed by atoms with E-state index in [0.717, 1.165) is 58.4 Å². The minimum absolute atomic E-state index is 0.0334. The van der Waals surface area contributed by atoms with Gasteiger partial charge in [-0.3, -0.25) is 14.5 Å². The fraction of sp³-hybridized carbons (Fsp3) is 0.258. The maximum atomic E-state index is 11.5. The molecule has 1 aromatic heterocycles. The molecule has 0 amide bonds. The highest BCUT2D eigenvalue weighted by molar-refractivity contribution is 5.99. The summed E-state index contributed by atoms with van der Waals surface area (Å²) in [5.41, 5.74) is 6.48. The quantitative estimate of drug-likeness (QED) is 0.285. The van der Waals surface area contributed by atoms with Crippen molar-refractivity contribution >= 4 is 5.71 Å². The molecule has 1 aliphatic heterocycles. The minimum atomic E-state index is -0.726. The largest absolute Gasteiger partial charge is 0.439 e. The smallest absolute Gasteiger partial charge is 0.384 e. The lowest BCUT2D eigenvalue weighted by Gasteiger charge is -2.34. The summed E-state index contributed by atoms with van der Waals surface area (Å²) in [7, 11) is 0. The molecular weight excluding hydrogens is 476 g/mol. The van der Waals surface area contributed by atoms with Crippen LogP contribution in [-0.2, 0) is 6.54 Å². The van der Waals surface area contributed by atoms with Gasteiger partial charge in [-0.2, -0.15) is 0 Å². The molecule has 0 bridgehead atoms. The number of nitrogens with zero attached hydrogens (tertiary/aromatic N) is 3. The molecule has 0 aliphatic carbocycles. The van der Waals surface area contributed by atoms with Crippen molar-refractivity contribution in [2.75, 3.05) is 0 Å². The van der Waals surface area contributed by atoms with Crippen LogP contribution in [-0.4, -0.2) is 32.0 Å². The lowest BCUT2D eigenvalue weighted by molar-refractivity contribution is 0.204. The van der Waals surface area contributed by atoms with Crippen molar-refractivity contribution in [1.29, 1.82) is 0 Å². The molecule has 7 nitrogen and oxygen atoms in total. The van der Waals surface area contributed by atoms with Crippen molar-refractivity contribution in [1.82, 2.24) is 15.0 Å². The molecule has 2 N–H and O–H groups in total. The van der Waals surface area contributed by atoms with Gasteiger partial charge in [-0.15, -0.1) is 0 Å². The van der Waals surface area contributed by atoms with Gasteiger partial charge >= 0.3 is 5.76 Å². The van der Waals surface area contributed by atoms with Gasteiger partial charge in [0.1, 0.15) is 12.3 Å². The first-order valence-electron chi connectivity index (χ1n) is 13.0. The Labute approximate surface area is 222 Å². The predicted octanol–water partition coefficient (Wildman–Crippen LogP) is 6.11. The van der Waals surface area contributed by atoms with E-state index in [0.29, 0.717) is 12.4 Å². The number of aromatic nitrogens is 2. The highest BCUT2D eigenvalue weighted by Gasteiger charge is 2.26. The molecule has 2 heterocycles. The Bertz CT molecular complexity index is 1490. The van der Waals surface area contributed by atoms with E-state index in [9.17, 15) is 9.90 Å². The Hall–Kier alpha value is -4.23. The van der Waals surface area contributed by atoms with Crippen LogP contribution in [0.15, 0.2) is 105 Å². The number of nitrogens with one attached hydrogen (secondary N) is 1. The van der Waals surface area contributed by atoms with Crippen LogP contribution in [0.1, 0.15) is 50.3 Å². The molecule has 0 saturated carbocycles. The number of aliphatic imine (C=N–C) groups is 1. The Kier molecular flexibility index (Phi) is 7.65. The molecule has 2 unspecified atom stereocenters. The topological polar surface area (TPSA) is 94.7 Å². The van der Waals surface area contributed by atoms with E-state index >= 15 is 0 Å². The lowest BCUT2D eigenvalue weighted by atomic mass is 9.96. The minimum Gasteiger partial charge on any atom is -0.384 e. The SMILES string of the molecule is CCCCC1N=C(C)C(C(O)c2ccccc2)=CN1Cc1ccc(-c2ccccc2-c2noc(=O)[nH]2)cc1. The van der Waals surface area contributed by atoms with Crippen LogP contribution >= 0.6 is 0 Å². The molecule has 4 aromatic rings. The highest BCUT2D eigenvalue weighted by Crippen LogP contribution is 2.32. The second kappa shape index (κ2) is 11.4. The lowest BCUT2D eigenvalue weighted by Crippen LogP contribution is -2.34. The van der Waals surface area contributed by atoms with Crippen LogP contribution in [0.3, 0.4) is 0 Å². The number of H-pyrrole nitrogens is 1. The molecule has 38 heavy (non-hydrogen) atoms. The van der Waals surface area contributed by atoms with E-state index in [1.54, 1.807) is 0 Å². The highest BCUT2D eigenvalue weighted by atomic mass is 16.5. The predicted molar refractivity (Wildman–Crippen MR) is 149 cm³/mol. The normalized spacial score (nSPS) is 16.2. The van der Waals surface area contributed by atoms with Crippen molar-refractivity contribution in [2.45, 2.75) is 51.9 Å². The van der Waals surface area contributed by atoms with Crippen LogP contribution in [0.4, 0.5) is 0 Å². The molecule has 5 rings (SSSR count). The van der Waals surface area contributed by atoms with Crippen LogP contribution < -0.4 is 5.76 Å². The molecule has 1 aliphatic rings. The molecular formula is C31H32N4O3. The Morgan fingerprint density at radius 2 is 1.71 bits per heavy atom. The number of aromatic amines is 1. The summed E-state index contributed by atoms with van der Waals surface area (Å²) >= 11 is 0. The standard InChI is InChI=1S/C31H32N4O3/c1-3-4-14-28-32-21(2)27(29(36)24-10-6-5-7-11-24)20-35(28)19-22-15-17-23(18-16-22)25-12-8-9-13-26(25)30-33-31(37)38-34-30/h5-13,15-18,20,28-29,36H,3-4,14,19H2,1-2H3,(H,33,34,37). The van der Waals surface area contributed by atoms with E-state index in [1.807, 2.05) is 61.5 Å². The van der Waals surface area contributed by atoms with E-state index in [1.165, 1.54) is 0 Å². The number of aliphatic hydroxyl groups is 1. The Balaban J connectivity index is 1.41.